The van der Waals surface area contributed by atoms with Crippen LogP contribution in [0.25, 0.3) is 0 Å². The van der Waals surface area contributed by atoms with Crippen LogP contribution in [0.5, 0.6) is 0 Å². The molecule has 0 spiro atoms. The third kappa shape index (κ3) is 4.70. The van der Waals surface area contributed by atoms with Crippen molar-refractivity contribution in [2.75, 3.05) is 13.1 Å². The average Bonchev–Trinajstić information content (AvgIpc) is 2.69. The van der Waals surface area contributed by atoms with Gasteiger partial charge < -0.3 is 4.90 Å². The van der Waals surface area contributed by atoms with Crippen LogP contribution < -0.4 is 0 Å². The van der Waals surface area contributed by atoms with E-state index in [1.165, 1.54) is 24.3 Å². The van der Waals surface area contributed by atoms with E-state index in [1.807, 2.05) is 0 Å². The van der Waals surface area contributed by atoms with E-state index in [0.717, 1.165) is 17.7 Å². The number of likely N-dealkylation sites (tertiary alicyclic amines) is 1. The maximum atomic E-state index is 13.2. The molecule has 0 N–H and O–H groups in total. The molecule has 1 aliphatic heterocycles. The minimum Gasteiger partial charge on any atom is -0.343 e. The van der Waals surface area contributed by atoms with Crippen molar-refractivity contribution in [2.24, 2.45) is 0 Å². The first-order valence-corrected chi connectivity index (χ1v) is 10.9. The van der Waals surface area contributed by atoms with Crippen LogP contribution in [0.4, 0.5) is 8.78 Å². The van der Waals surface area contributed by atoms with E-state index >= 15 is 0 Å². The fraction of sp³-hybridized carbons (Fsp3) is 0.350. The molecule has 0 saturated carbocycles. The lowest BCUT2D eigenvalue weighted by Gasteiger charge is -2.32. The van der Waals surface area contributed by atoms with Gasteiger partial charge >= 0.3 is 0 Å². The number of piperidine rings is 1. The second-order valence-corrected chi connectivity index (χ2v) is 9.46. The Morgan fingerprint density at radius 2 is 1.71 bits per heavy atom. The quantitative estimate of drug-likeness (QED) is 0.677. The second-order valence-electron chi connectivity index (χ2n) is 6.83. The van der Waals surface area contributed by atoms with E-state index in [0.29, 0.717) is 32.4 Å². The monoisotopic (exact) mass is 427 g/mol. The van der Waals surface area contributed by atoms with Gasteiger partial charge in [-0.2, -0.15) is 0 Å². The van der Waals surface area contributed by atoms with E-state index in [1.54, 1.807) is 11.0 Å². The van der Waals surface area contributed by atoms with Gasteiger partial charge in [0.2, 0.25) is 5.91 Å². The molecule has 0 unspecified atom stereocenters. The molecule has 1 fully saturated rings. The van der Waals surface area contributed by atoms with Crippen LogP contribution in [0.2, 0.25) is 5.02 Å². The molecule has 150 valence electrons. The zero-order valence-electron chi connectivity index (χ0n) is 15.1. The summed E-state index contributed by atoms with van der Waals surface area (Å²) >= 11 is 5.75. The Morgan fingerprint density at radius 1 is 1.07 bits per heavy atom. The summed E-state index contributed by atoms with van der Waals surface area (Å²) in [5.41, 5.74) is 0.772. The molecule has 4 nitrogen and oxygen atoms in total. The molecule has 8 heteroatoms. The van der Waals surface area contributed by atoms with Crippen molar-refractivity contribution in [3.8, 4) is 0 Å². The molecule has 1 amide bonds. The first-order chi connectivity index (χ1) is 13.3. The predicted octanol–water partition coefficient (Wildman–Crippen LogP) is 4.02. The highest BCUT2D eigenvalue weighted by atomic mass is 35.5. The van der Waals surface area contributed by atoms with Gasteiger partial charge in [0, 0.05) is 19.5 Å². The van der Waals surface area contributed by atoms with Gasteiger partial charge in [-0.3, -0.25) is 4.79 Å². The molecule has 0 radical (unpaired) electrons. The topological polar surface area (TPSA) is 54.5 Å². The van der Waals surface area contributed by atoms with Crippen LogP contribution in [0, 0.1) is 11.6 Å². The molecular weight excluding hydrogens is 408 g/mol. The zero-order chi connectivity index (χ0) is 20.3. The summed E-state index contributed by atoms with van der Waals surface area (Å²) in [6.45, 7) is 0.711. The van der Waals surface area contributed by atoms with Gasteiger partial charge in [-0.25, -0.2) is 17.2 Å². The minimum absolute atomic E-state index is 0.0248. The van der Waals surface area contributed by atoms with Crippen molar-refractivity contribution < 1.29 is 22.0 Å². The fourth-order valence-electron chi connectivity index (χ4n) is 3.34. The summed E-state index contributed by atoms with van der Waals surface area (Å²) in [7, 11) is -3.55. The van der Waals surface area contributed by atoms with Crippen molar-refractivity contribution in [1.29, 1.82) is 0 Å². The molecule has 28 heavy (non-hydrogen) atoms. The molecule has 1 saturated heterocycles. The average molecular weight is 428 g/mol. The lowest BCUT2D eigenvalue weighted by atomic mass is 10.1. The Labute approximate surface area is 168 Å². The molecule has 0 atom stereocenters. The van der Waals surface area contributed by atoms with Crippen LogP contribution in [0.15, 0.2) is 47.4 Å². The Kier molecular flexibility index (Phi) is 6.35. The molecule has 1 aliphatic rings. The largest absolute Gasteiger partial charge is 0.343 e. The highest BCUT2D eigenvalue weighted by Crippen LogP contribution is 2.25. The molecule has 1 heterocycles. The van der Waals surface area contributed by atoms with Crippen molar-refractivity contribution >= 4 is 27.3 Å². The van der Waals surface area contributed by atoms with Crippen LogP contribution in [0.3, 0.4) is 0 Å². The predicted molar refractivity (Wildman–Crippen MR) is 103 cm³/mol. The number of benzene rings is 2. The van der Waals surface area contributed by atoms with Gasteiger partial charge in [0.1, 0.15) is 11.6 Å². The number of hydrogen-bond acceptors (Lipinski definition) is 3. The smallest absolute Gasteiger partial charge is 0.222 e. The van der Waals surface area contributed by atoms with Gasteiger partial charge in [-0.1, -0.05) is 17.7 Å². The first-order valence-electron chi connectivity index (χ1n) is 8.98. The van der Waals surface area contributed by atoms with Crippen LogP contribution >= 0.6 is 11.6 Å². The summed E-state index contributed by atoms with van der Waals surface area (Å²) in [5, 5.41) is -0.560. The highest BCUT2D eigenvalue weighted by molar-refractivity contribution is 7.92. The maximum Gasteiger partial charge on any atom is 0.222 e. The zero-order valence-corrected chi connectivity index (χ0v) is 16.6. The van der Waals surface area contributed by atoms with Crippen LogP contribution in [-0.2, 0) is 21.1 Å². The van der Waals surface area contributed by atoms with E-state index in [4.69, 9.17) is 11.6 Å². The summed E-state index contributed by atoms with van der Waals surface area (Å²) < 4.78 is 51.6. The van der Waals surface area contributed by atoms with E-state index in [2.05, 4.69) is 0 Å². The molecule has 0 aliphatic carbocycles. The summed E-state index contributed by atoms with van der Waals surface area (Å²) in [6.07, 6.45) is 1.37. The Balaban J connectivity index is 1.55. The van der Waals surface area contributed by atoms with Crippen molar-refractivity contribution in [3.05, 3.63) is 64.7 Å². The number of carbonyl (C=O) groups is 1. The van der Waals surface area contributed by atoms with Gasteiger partial charge in [0.15, 0.2) is 9.84 Å². The SMILES string of the molecule is O=C(CCc1ccc(F)c(Cl)c1)N1CCC(S(=O)(=O)c2ccc(F)cc2)CC1. The van der Waals surface area contributed by atoms with Gasteiger partial charge in [0.05, 0.1) is 15.2 Å². The van der Waals surface area contributed by atoms with Crippen LogP contribution in [-0.4, -0.2) is 37.6 Å². The lowest BCUT2D eigenvalue weighted by molar-refractivity contribution is -0.132. The Bertz CT molecular complexity index is 956. The van der Waals surface area contributed by atoms with Crippen LogP contribution in [0.1, 0.15) is 24.8 Å². The minimum atomic E-state index is -3.55. The van der Waals surface area contributed by atoms with Gasteiger partial charge in [0.25, 0.3) is 0 Å². The summed E-state index contributed by atoms with van der Waals surface area (Å²) in [6, 6.07) is 9.18. The third-order valence-corrected chi connectivity index (χ3v) is 7.56. The Hall–Kier alpha value is -1.99. The van der Waals surface area contributed by atoms with Gasteiger partial charge in [-0.15, -0.1) is 0 Å². The van der Waals surface area contributed by atoms with E-state index < -0.39 is 26.7 Å². The first kappa shape index (κ1) is 20.7. The van der Waals surface area contributed by atoms with Crippen molar-refractivity contribution in [3.63, 3.8) is 0 Å². The number of sulfone groups is 1. The fourth-order valence-corrected chi connectivity index (χ4v) is 5.27. The molecule has 3 rings (SSSR count). The normalized spacial score (nSPS) is 15.6. The number of nitrogens with zero attached hydrogens (tertiary/aromatic N) is 1. The maximum absolute atomic E-state index is 13.2. The van der Waals surface area contributed by atoms with Gasteiger partial charge in [-0.05, 0) is 61.2 Å². The molecule has 2 aromatic rings. The van der Waals surface area contributed by atoms with Crippen molar-refractivity contribution in [1.82, 2.24) is 4.90 Å². The molecule has 0 aromatic heterocycles. The van der Waals surface area contributed by atoms with E-state index in [-0.39, 0.29) is 22.2 Å². The number of aryl methyl sites for hydroxylation is 1. The third-order valence-electron chi connectivity index (χ3n) is 4.99. The standard InChI is InChI=1S/C20H20ClF2NO3S/c21-18-13-14(1-7-19(18)23)2-8-20(25)24-11-9-17(10-12-24)28(26,27)16-5-3-15(22)4-6-16/h1,3-7,13,17H,2,8-12H2. The Morgan fingerprint density at radius 3 is 2.32 bits per heavy atom. The number of rotatable bonds is 5. The number of carbonyl (C=O) groups excluding carboxylic acids is 1. The molecule has 0 bridgehead atoms. The molecule has 2 aromatic carbocycles. The molecular formula is C20H20ClF2NO3S. The number of halogens is 3. The number of amides is 1. The number of hydrogen-bond donors (Lipinski definition) is 0. The summed E-state index contributed by atoms with van der Waals surface area (Å²) in [5.74, 6) is -1.05. The van der Waals surface area contributed by atoms with E-state index in [9.17, 15) is 22.0 Å². The highest BCUT2D eigenvalue weighted by Gasteiger charge is 2.32. The second kappa shape index (κ2) is 8.57. The lowest BCUT2D eigenvalue weighted by Crippen LogP contribution is -2.42. The van der Waals surface area contributed by atoms with Crippen molar-refractivity contribution in [2.45, 2.75) is 35.8 Å². The summed E-state index contributed by atoms with van der Waals surface area (Å²) in [4.78, 5) is 14.2.